The quantitative estimate of drug-likeness (QED) is 0.195. The molecule has 1 aliphatic rings. The number of aromatic nitrogens is 2. The fourth-order valence-electron chi connectivity index (χ4n) is 5.86. The van der Waals surface area contributed by atoms with Crippen LogP contribution in [-0.2, 0) is 9.53 Å². The Morgan fingerprint density at radius 2 is 1.51 bits per heavy atom. The number of anilines is 1. The molecule has 37 heavy (non-hydrogen) atoms. The summed E-state index contributed by atoms with van der Waals surface area (Å²) in [6.45, 7) is 2.23. The molecule has 1 aliphatic heterocycles. The Balaban J connectivity index is 1.53. The minimum Gasteiger partial charge on any atom is -0.464 e. The van der Waals surface area contributed by atoms with E-state index in [-0.39, 0.29) is 17.9 Å². The summed E-state index contributed by atoms with van der Waals surface area (Å²) in [5, 5.41) is 2.35. The number of halogens is 2. The summed E-state index contributed by atoms with van der Waals surface area (Å²) in [4.78, 5) is 22.7. The summed E-state index contributed by atoms with van der Waals surface area (Å²) in [6, 6.07) is 22.4. The van der Waals surface area contributed by atoms with Gasteiger partial charge in [0.1, 0.15) is 6.04 Å². The second-order valence-electron chi connectivity index (χ2n) is 9.56. The van der Waals surface area contributed by atoms with Gasteiger partial charge >= 0.3 is 5.97 Å². The van der Waals surface area contributed by atoms with Crippen LogP contribution < -0.4 is 4.90 Å². The molecule has 0 unspecified atom stereocenters. The van der Waals surface area contributed by atoms with Crippen LogP contribution in [0.5, 0.6) is 0 Å². The maximum absolute atomic E-state index is 13.6. The lowest BCUT2D eigenvalue weighted by Crippen LogP contribution is -2.49. The first kappa shape index (κ1) is 24.3. The first-order chi connectivity index (χ1) is 18.0. The van der Waals surface area contributed by atoms with Crippen LogP contribution in [0.2, 0.25) is 0 Å². The largest absolute Gasteiger partial charge is 0.464 e. The van der Waals surface area contributed by atoms with Gasteiger partial charge in [-0.2, -0.15) is 0 Å². The number of benzene rings is 3. The summed E-state index contributed by atoms with van der Waals surface area (Å²) in [5.41, 5.74) is 5.63. The smallest absolute Gasteiger partial charge is 0.328 e. The molecule has 2 N–H and O–H groups in total. The van der Waals surface area contributed by atoms with E-state index in [1.54, 1.807) is 0 Å². The van der Waals surface area contributed by atoms with Crippen molar-refractivity contribution in [3.8, 4) is 0 Å². The minimum absolute atomic E-state index is 0.0318. The Morgan fingerprint density at radius 3 is 2.16 bits per heavy atom. The van der Waals surface area contributed by atoms with Crippen LogP contribution in [0.15, 0.2) is 88.1 Å². The van der Waals surface area contributed by atoms with E-state index in [0.29, 0.717) is 13.0 Å². The number of nitrogens with zero attached hydrogens (tertiary/aromatic N) is 1. The van der Waals surface area contributed by atoms with Crippen molar-refractivity contribution in [2.24, 2.45) is 0 Å². The van der Waals surface area contributed by atoms with Gasteiger partial charge in [0.2, 0.25) is 0 Å². The number of fused-ring (bicyclic) bond motifs is 2. The number of hydrogen-bond acceptors (Lipinski definition) is 3. The SMILES string of the molecule is CCOC(=O)[C@@H]1C[C@@H](c2c[nH]c3ccc(Br)cc23)C[C@@H](c2c[nH]c3ccc(Br)cc23)N1c1ccccc1. The van der Waals surface area contributed by atoms with Crippen molar-refractivity contribution in [2.75, 3.05) is 11.5 Å². The lowest BCUT2D eigenvalue weighted by Gasteiger charge is -2.45. The van der Waals surface area contributed by atoms with E-state index in [0.717, 1.165) is 37.5 Å². The van der Waals surface area contributed by atoms with Crippen LogP contribution >= 0.6 is 31.9 Å². The number of carbonyl (C=O) groups excluding carboxylic acids is 1. The Bertz CT molecular complexity index is 1580. The standard InChI is InChI=1S/C30H27Br2N3O2/c1-2-37-30(36)29-13-18(24-16-33-26-10-8-19(31)14-22(24)26)12-28(35(29)21-6-4-3-5-7-21)25-17-34-27-11-9-20(32)15-23(25)27/h3-11,14-18,28-29,33-34H,2,12-13H2,1H3/t18-,28-,29-/m0/s1. The lowest BCUT2D eigenvalue weighted by molar-refractivity contribution is -0.145. The van der Waals surface area contributed by atoms with E-state index < -0.39 is 6.04 Å². The third-order valence-electron chi connectivity index (χ3n) is 7.45. The zero-order valence-electron chi connectivity index (χ0n) is 20.4. The Morgan fingerprint density at radius 1 is 0.892 bits per heavy atom. The van der Waals surface area contributed by atoms with Gasteiger partial charge in [0, 0.05) is 48.8 Å². The van der Waals surface area contributed by atoms with Gasteiger partial charge < -0.3 is 19.6 Å². The number of H-pyrrole nitrogens is 2. The molecule has 3 heterocycles. The molecular weight excluding hydrogens is 594 g/mol. The maximum atomic E-state index is 13.6. The van der Waals surface area contributed by atoms with Gasteiger partial charge in [-0.3, -0.25) is 0 Å². The molecule has 0 saturated carbocycles. The third kappa shape index (κ3) is 4.48. The van der Waals surface area contributed by atoms with Gasteiger partial charge in [-0.05, 0) is 85.3 Å². The van der Waals surface area contributed by atoms with Gasteiger partial charge in [-0.15, -0.1) is 0 Å². The van der Waals surface area contributed by atoms with E-state index in [1.165, 1.54) is 16.5 Å². The highest BCUT2D eigenvalue weighted by molar-refractivity contribution is 9.10. The van der Waals surface area contributed by atoms with E-state index in [1.807, 2.05) is 31.2 Å². The molecular formula is C30H27Br2N3O2. The van der Waals surface area contributed by atoms with Crippen molar-refractivity contribution in [3.63, 3.8) is 0 Å². The first-order valence-electron chi connectivity index (χ1n) is 12.6. The van der Waals surface area contributed by atoms with Gasteiger partial charge in [-0.1, -0.05) is 50.1 Å². The third-order valence-corrected chi connectivity index (χ3v) is 8.44. The van der Waals surface area contributed by atoms with Crippen LogP contribution in [0, 0.1) is 0 Å². The van der Waals surface area contributed by atoms with Crippen molar-refractivity contribution >= 4 is 65.3 Å². The molecule has 1 saturated heterocycles. The number of carbonyl (C=O) groups is 1. The number of rotatable bonds is 5. The highest BCUT2D eigenvalue weighted by atomic mass is 79.9. The van der Waals surface area contributed by atoms with Gasteiger partial charge in [0.05, 0.1) is 12.6 Å². The van der Waals surface area contributed by atoms with E-state index >= 15 is 0 Å². The molecule has 0 amide bonds. The predicted octanol–water partition coefficient (Wildman–Crippen LogP) is 8.23. The maximum Gasteiger partial charge on any atom is 0.328 e. The topological polar surface area (TPSA) is 61.1 Å². The summed E-state index contributed by atoms with van der Waals surface area (Å²) in [5.74, 6) is -0.0115. The van der Waals surface area contributed by atoms with Crippen LogP contribution in [0.25, 0.3) is 21.8 Å². The summed E-state index contributed by atoms with van der Waals surface area (Å²) < 4.78 is 7.74. The number of aromatic amines is 2. The second-order valence-corrected chi connectivity index (χ2v) is 11.4. The van der Waals surface area contributed by atoms with E-state index in [4.69, 9.17) is 4.74 Å². The normalized spacial score (nSPS) is 20.0. The highest BCUT2D eigenvalue weighted by Crippen LogP contribution is 2.48. The van der Waals surface area contributed by atoms with Gasteiger partial charge in [0.25, 0.3) is 0 Å². The average molecular weight is 621 g/mol. The van der Waals surface area contributed by atoms with Gasteiger partial charge in [0.15, 0.2) is 0 Å². The summed E-state index contributed by atoms with van der Waals surface area (Å²) >= 11 is 7.30. The zero-order chi connectivity index (χ0) is 25.5. The molecule has 0 aliphatic carbocycles. The fraction of sp³-hybridized carbons (Fsp3) is 0.233. The Hall–Kier alpha value is -3.03. The number of nitrogens with one attached hydrogen (secondary N) is 2. The summed E-state index contributed by atoms with van der Waals surface area (Å²) in [7, 11) is 0. The number of para-hydroxylation sites is 1. The molecule has 7 heteroatoms. The Labute approximate surface area is 232 Å². The fourth-order valence-corrected chi connectivity index (χ4v) is 6.58. The predicted molar refractivity (Wildman–Crippen MR) is 156 cm³/mol. The Kier molecular flexibility index (Phi) is 6.59. The molecule has 5 nitrogen and oxygen atoms in total. The lowest BCUT2D eigenvalue weighted by atomic mass is 9.79. The number of piperidine rings is 1. The molecule has 5 aromatic rings. The molecule has 2 aromatic heterocycles. The van der Waals surface area contributed by atoms with Crippen LogP contribution in [0.1, 0.15) is 42.9 Å². The van der Waals surface area contributed by atoms with E-state index in [2.05, 4.69) is 102 Å². The minimum atomic E-state index is -0.416. The van der Waals surface area contributed by atoms with E-state index in [9.17, 15) is 4.79 Å². The van der Waals surface area contributed by atoms with Gasteiger partial charge in [-0.25, -0.2) is 4.79 Å². The molecule has 1 fully saturated rings. The van der Waals surface area contributed by atoms with Crippen molar-refractivity contribution in [2.45, 2.75) is 37.8 Å². The molecule has 0 bridgehead atoms. The van der Waals surface area contributed by atoms with Crippen molar-refractivity contribution in [1.29, 1.82) is 0 Å². The van der Waals surface area contributed by atoms with Crippen LogP contribution in [0.4, 0.5) is 5.69 Å². The van der Waals surface area contributed by atoms with Crippen molar-refractivity contribution in [1.82, 2.24) is 9.97 Å². The molecule has 0 radical (unpaired) electrons. The number of ether oxygens (including phenoxy) is 1. The highest BCUT2D eigenvalue weighted by Gasteiger charge is 2.42. The summed E-state index contributed by atoms with van der Waals surface area (Å²) in [6.07, 6.45) is 5.76. The average Bonchev–Trinajstić information content (AvgIpc) is 3.52. The van der Waals surface area contributed by atoms with Crippen LogP contribution in [-0.4, -0.2) is 28.6 Å². The zero-order valence-corrected chi connectivity index (χ0v) is 23.6. The van der Waals surface area contributed by atoms with Crippen molar-refractivity contribution in [3.05, 3.63) is 99.2 Å². The van der Waals surface area contributed by atoms with Crippen molar-refractivity contribution < 1.29 is 9.53 Å². The monoisotopic (exact) mass is 619 g/mol. The number of esters is 1. The molecule has 188 valence electrons. The molecule has 3 aromatic carbocycles. The second kappa shape index (κ2) is 10.0. The molecule has 6 rings (SSSR count). The van der Waals surface area contributed by atoms with Crippen LogP contribution in [0.3, 0.4) is 0 Å². The first-order valence-corrected chi connectivity index (χ1v) is 14.1. The number of hydrogen-bond donors (Lipinski definition) is 2. The molecule has 3 atom stereocenters. The molecule has 0 spiro atoms.